The number of nitrogen functional groups attached to an aromatic ring is 1. The van der Waals surface area contributed by atoms with Crippen molar-refractivity contribution in [2.75, 3.05) is 30.9 Å². The van der Waals surface area contributed by atoms with Gasteiger partial charge in [-0.25, -0.2) is 9.97 Å². The molecule has 0 radical (unpaired) electrons. The average molecular weight is 252 g/mol. The van der Waals surface area contributed by atoms with E-state index >= 15 is 0 Å². The minimum Gasteiger partial charge on any atom is -0.383 e. The first kappa shape index (κ1) is 14.7. The fraction of sp³-hybridized carbons (Fsp3) is 0.692. The van der Waals surface area contributed by atoms with Crippen LogP contribution in [-0.4, -0.2) is 36.3 Å². The molecule has 1 aromatic rings. The van der Waals surface area contributed by atoms with Gasteiger partial charge in [-0.2, -0.15) is 0 Å². The van der Waals surface area contributed by atoms with Crippen LogP contribution in [0.15, 0.2) is 6.33 Å². The van der Waals surface area contributed by atoms with Gasteiger partial charge in [-0.05, 0) is 19.8 Å². The van der Waals surface area contributed by atoms with E-state index in [2.05, 4.69) is 42.6 Å². The van der Waals surface area contributed by atoms with E-state index in [1.807, 2.05) is 0 Å². The van der Waals surface area contributed by atoms with E-state index in [-0.39, 0.29) is 6.04 Å². The molecule has 1 aromatic heterocycles. The smallest absolute Gasteiger partial charge is 0.137 e. The highest BCUT2D eigenvalue weighted by molar-refractivity contribution is 5.58. The summed E-state index contributed by atoms with van der Waals surface area (Å²) in [6, 6.07) is 0.256. The molecule has 1 heterocycles. The summed E-state index contributed by atoms with van der Waals surface area (Å²) in [4.78, 5) is 10.7. The van der Waals surface area contributed by atoms with Gasteiger partial charge < -0.3 is 15.4 Å². The van der Waals surface area contributed by atoms with Gasteiger partial charge in [0.05, 0.1) is 12.6 Å². The van der Waals surface area contributed by atoms with Gasteiger partial charge in [0, 0.05) is 19.2 Å². The number of hydrogen-bond acceptors (Lipinski definition) is 5. The molecule has 2 N–H and O–H groups in total. The standard InChI is InChI=1S/C13H24N4O/c1-6-17(10(4)7-18-5)13-11(9(2)3)12(14)15-8-16-13/h8-10H,6-7H2,1-5H3,(H2,14,15,16). The molecule has 102 valence electrons. The second-order valence-electron chi connectivity index (χ2n) is 4.74. The molecule has 0 aromatic carbocycles. The largest absolute Gasteiger partial charge is 0.383 e. The number of rotatable bonds is 6. The van der Waals surface area contributed by atoms with Gasteiger partial charge >= 0.3 is 0 Å². The highest BCUT2D eigenvalue weighted by atomic mass is 16.5. The Balaban J connectivity index is 3.16. The Kier molecular flexibility index (Phi) is 5.34. The molecule has 0 aliphatic heterocycles. The summed E-state index contributed by atoms with van der Waals surface area (Å²) in [5, 5.41) is 0. The molecular formula is C13H24N4O. The van der Waals surface area contributed by atoms with Crippen LogP contribution in [0.4, 0.5) is 11.6 Å². The summed E-state index contributed by atoms with van der Waals surface area (Å²) in [6.45, 7) is 9.96. The van der Waals surface area contributed by atoms with Crippen LogP contribution in [0.25, 0.3) is 0 Å². The Labute approximate surface area is 109 Å². The van der Waals surface area contributed by atoms with Crippen molar-refractivity contribution in [2.45, 2.75) is 39.7 Å². The quantitative estimate of drug-likeness (QED) is 0.839. The number of nitrogens with two attached hydrogens (primary N) is 1. The molecule has 0 spiro atoms. The molecule has 18 heavy (non-hydrogen) atoms. The molecule has 0 amide bonds. The number of ether oxygens (including phenoxy) is 1. The van der Waals surface area contributed by atoms with Gasteiger partial charge in [-0.15, -0.1) is 0 Å². The minimum atomic E-state index is 0.256. The van der Waals surface area contributed by atoms with Crippen molar-refractivity contribution in [1.82, 2.24) is 9.97 Å². The lowest BCUT2D eigenvalue weighted by Crippen LogP contribution is -2.37. The molecule has 5 nitrogen and oxygen atoms in total. The second-order valence-corrected chi connectivity index (χ2v) is 4.74. The Morgan fingerprint density at radius 2 is 2.00 bits per heavy atom. The fourth-order valence-corrected chi connectivity index (χ4v) is 2.18. The summed E-state index contributed by atoms with van der Waals surface area (Å²) in [5.74, 6) is 1.78. The average Bonchev–Trinajstić information content (AvgIpc) is 2.29. The lowest BCUT2D eigenvalue weighted by atomic mass is 10.0. The molecule has 1 rings (SSSR count). The summed E-state index contributed by atoms with van der Waals surface area (Å²) < 4.78 is 5.22. The first-order valence-corrected chi connectivity index (χ1v) is 6.38. The van der Waals surface area contributed by atoms with Crippen LogP contribution < -0.4 is 10.6 Å². The Morgan fingerprint density at radius 1 is 1.33 bits per heavy atom. The number of nitrogens with zero attached hydrogens (tertiary/aromatic N) is 3. The number of methoxy groups -OCH3 is 1. The number of anilines is 2. The van der Waals surface area contributed by atoms with Gasteiger partial charge in [-0.3, -0.25) is 0 Å². The van der Waals surface area contributed by atoms with Gasteiger partial charge in [0.25, 0.3) is 0 Å². The van der Waals surface area contributed by atoms with E-state index in [9.17, 15) is 0 Å². The molecule has 0 aliphatic carbocycles. The van der Waals surface area contributed by atoms with Gasteiger partial charge in [0.2, 0.25) is 0 Å². The van der Waals surface area contributed by atoms with Crippen LogP contribution in [0.2, 0.25) is 0 Å². The molecule has 0 fully saturated rings. The normalized spacial score (nSPS) is 12.8. The summed E-state index contributed by atoms with van der Waals surface area (Å²) in [5.41, 5.74) is 7.00. The van der Waals surface area contributed by atoms with E-state index in [1.165, 1.54) is 6.33 Å². The van der Waals surface area contributed by atoms with Crippen LogP contribution in [-0.2, 0) is 4.74 Å². The van der Waals surface area contributed by atoms with Crippen LogP contribution in [0.3, 0.4) is 0 Å². The van der Waals surface area contributed by atoms with Crippen LogP contribution in [0.5, 0.6) is 0 Å². The van der Waals surface area contributed by atoms with Crippen LogP contribution >= 0.6 is 0 Å². The molecular weight excluding hydrogens is 228 g/mol. The molecule has 0 saturated carbocycles. The first-order chi connectivity index (χ1) is 8.52. The lowest BCUT2D eigenvalue weighted by Gasteiger charge is -2.31. The Hall–Kier alpha value is -1.36. The van der Waals surface area contributed by atoms with Crippen molar-refractivity contribution in [3.63, 3.8) is 0 Å². The molecule has 0 saturated heterocycles. The zero-order valence-electron chi connectivity index (χ0n) is 12.0. The van der Waals surface area contributed by atoms with Gasteiger partial charge in [0.15, 0.2) is 0 Å². The monoisotopic (exact) mass is 252 g/mol. The maximum Gasteiger partial charge on any atom is 0.137 e. The first-order valence-electron chi connectivity index (χ1n) is 6.38. The Bertz CT molecular complexity index is 381. The van der Waals surface area contributed by atoms with Crippen molar-refractivity contribution in [2.24, 2.45) is 0 Å². The van der Waals surface area contributed by atoms with E-state index in [4.69, 9.17) is 10.5 Å². The molecule has 1 unspecified atom stereocenters. The minimum absolute atomic E-state index is 0.256. The van der Waals surface area contributed by atoms with Crippen molar-refractivity contribution in [1.29, 1.82) is 0 Å². The third-order valence-electron chi connectivity index (χ3n) is 3.02. The maximum absolute atomic E-state index is 5.98. The SMILES string of the molecule is CCN(c1ncnc(N)c1C(C)C)C(C)COC. The van der Waals surface area contributed by atoms with Crippen molar-refractivity contribution in [3.8, 4) is 0 Å². The Morgan fingerprint density at radius 3 is 2.50 bits per heavy atom. The third kappa shape index (κ3) is 3.10. The van der Waals surface area contributed by atoms with Crippen LogP contribution in [0.1, 0.15) is 39.2 Å². The van der Waals surface area contributed by atoms with Crippen molar-refractivity contribution < 1.29 is 4.74 Å². The van der Waals surface area contributed by atoms with E-state index < -0.39 is 0 Å². The zero-order chi connectivity index (χ0) is 13.7. The third-order valence-corrected chi connectivity index (χ3v) is 3.02. The fourth-order valence-electron chi connectivity index (χ4n) is 2.18. The van der Waals surface area contributed by atoms with E-state index in [1.54, 1.807) is 7.11 Å². The molecule has 0 bridgehead atoms. The highest BCUT2D eigenvalue weighted by Gasteiger charge is 2.21. The van der Waals surface area contributed by atoms with E-state index in [0.29, 0.717) is 18.3 Å². The summed E-state index contributed by atoms with van der Waals surface area (Å²) >= 11 is 0. The topological polar surface area (TPSA) is 64.3 Å². The predicted molar refractivity (Wildman–Crippen MR) is 74.9 cm³/mol. The molecule has 1 atom stereocenters. The summed E-state index contributed by atoms with van der Waals surface area (Å²) in [7, 11) is 1.71. The number of aromatic nitrogens is 2. The summed E-state index contributed by atoms with van der Waals surface area (Å²) in [6.07, 6.45) is 1.53. The van der Waals surface area contributed by atoms with Crippen LogP contribution in [0, 0.1) is 0 Å². The van der Waals surface area contributed by atoms with Crippen molar-refractivity contribution in [3.05, 3.63) is 11.9 Å². The maximum atomic E-state index is 5.98. The van der Waals surface area contributed by atoms with Gasteiger partial charge in [0.1, 0.15) is 18.0 Å². The zero-order valence-corrected chi connectivity index (χ0v) is 12.0. The van der Waals surface area contributed by atoms with E-state index in [0.717, 1.165) is 17.9 Å². The molecule has 0 aliphatic rings. The van der Waals surface area contributed by atoms with Crippen molar-refractivity contribution >= 4 is 11.6 Å². The molecule has 5 heteroatoms. The van der Waals surface area contributed by atoms with Gasteiger partial charge in [-0.1, -0.05) is 13.8 Å². The predicted octanol–water partition coefficient (Wildman–Crippen LogP) is 2.04. The number of likely N-dealkylation sites (N-methyl/N-ethyl adjacent to an activating group) is 1. The number of hydrogen-bond donors (Lipinski definition) is 1. The lowest BCUT2D eigenvalue weighted by molar-refractivity contribution is 0.181. The second kappa shape index (κ2) is 6.54. The highest BCUT2D eigenvalue weighted by Crippen LogP contribution is 2.30.